The number of nitrogens with zero attached hydrogens (tertiary/aromatic N) is 2. The maximum atomic E-state index is 13.5. The van der Waals surface area contributed by atoms with Gasteiger partial charge in [-0.1, -0.05) is 47.5 Å². The number of hydrogen-bond acceptors (Lipinski definition) is 4. The molecule has 1 N–H and O–H groups in total. The van der Waals surface area contributed by atoms with E-state index in [9.17, 15) is 18.0 Å². The van der Waals surface area contributed by atoms with E-state index in [-0.39, 0.29) is 18.5 Å². The van der Waals surface area contributed by atoms with Gasteiger partial charge in [0.15, 0.2) is 0 Å². The van der Waals surface area contributed by atoms with E-state index in [1.165, 1.54) is 4.90 Å². The van der Waals surface area contributed by atoms with Crippen molar-refractivity contribution in [3.63, 3.8) is 0 Å². The van der Waals surface area contributed by atoms with Crippen molar-refractivity contribution < 1.29 is 18.0 Å². The summed E-state index contributed by atoms with van der Waals surface area (Å²) in [5, 5.41) is 3.48. The Balaban J connectivity index is 2.43. The summed E-state index contributed by atoms with van der Waals surface area (Å²) in [5.74, 6) is -0.874. The van der Waals surface area contributed by atoms with Crippen molar-refractivity contribution in [1.82, 2.24) is 10.2 Å². The van der Waals surface area contributed by atoms with Gasteiger partial charge in [-0.25, -0.2) is 8.42 Å². The van der Waals surface area contributed by atoms with Crippen molar-refractivity contribution >= 4 is 50.7 Å². The lowest BCUT2D eigenvalue weighted by Gasteiger charge is -2.32. The molecule has 2 amide bonds. The predicted octanol–water partition coefficient (Wildman–Crippen LogP) is 4.01. The first-order valence-corrected chi connectivity index (χ1v) is 13.0. The van der Waals surface area contributed by atoms with E-state index in [0.717, 1.165) is 10.6 Å². The SMILES string of the molecule is Cc1ccccc1N(CC(=O)N(Cc1ccc(Cl)c(Cl)c1)[C@@H](C)C(=O)NC(C)C)S(C)(=O)=O. The first-order chi connectivity index (χ1) is 15.3. The van der Waals surface area contributed by atoms with Crippen molar-refractivity contribution in [3.05, 3.63) is 63.6 Å². The van der Waals surface area contributed by atoms with Gasteiger partial charge in [-0.05, 0) is 57.0 Å². The molecule has 0 aliphatic rings. The van der Waals surface area contributed by atoms with Gasteiger partial charge in [0.1, 0.15) is 12.6 Å². The summed E-state index contributed by atoms with van der Waals surface area (Å²) in [6.07, 6.45) is 1.05. The van der Waals surface area contributed by atoms with Crippen LogP contribution in [0.5, 0.6) is 0 Å². The maximum Gasteiger partial charge on any atom is 0.244 e. The topological polar surface area (TPSA) is 86.8 Å². The minimum Gasteiger partial charge on any atom is -0.352 e. The van der Waals surface area contributed by atoms with Gasteiger partial charge < -0.3 is 10.2 Å². The molecule has 1 atom stereocenters. The summed E-state index contributed by atoms with van der Waals surface area (Å²) >= 11 is 12.1. The van der Waals surface area contributed by atoms with E-state index < -0.39 is 28.5 Å². The van der Waals surface area contributed by atoms with Crippen molar-refractivity contribution in [2.45, 2.75) is 46.3 Å². The van der Waals surface area contributed by atoms with E-state index in [4.69, 9.17) is 23.2 Å². The molecule has 180 valence electrons. The Kier molecular flexibility index (Phi) is 9.17. The number of nitrogens with one attached hydrogen (secondary N) is 1. The molecule has 0 aromatic heterocycles. The number of carbonyl (C=O) groups excluding carboxylic acids is 2. The van der Waals surface area contributed by atoms with Crippen LogP contribution in [-0.2, 0) is 26.2 Å². The zero-order chi connectivity index (χ0) is 24.9. The Morgan fingerprint density at radius 1 is 1.03 bits per heavy atom. The standard InChI is InChI=1S/C23H29Cl2N3O4S/c1-15(2)26-23(30)17(4)27(13-18-10-11-19(24)20(25)12-18)22(29)14-28(33(5,31)32)21-9-7-6-8-16(21)3/h6-12,15,17H,13-14H2,1-5H3,(H,26,30)/t17-/m0/s1. The monoisotopic (exact) mass is 513 g/mol. The Bertz CT molecular complexity index is 1120. The van der Waals surface area contributed by atoms with Crippen LogP contribution >= 0.6 is 23.2 Å². The molecule has 0 aliphatic carbocycles. The molecule has 0 heterocycles. The van der Waals surface area contributed by atoms with E-state index in [0.29, 0.717) is 26.9 Å². The van der Waals surface area contributed by atoms with Crippen LogP contribution in [0, 0.1) is 6.92 Å². The van der Waals surface area contributed by atoms with Crippen molar-refractivity contribution in [2.75, 3.05) is 17.1 Å². The molecular weight excluding hydrogens is 485 g/mol. The highest BCUT2D eigenvalue weighted by atomic mass is 35.5. The van der Waals surface area contributed by atoms with Gasteiger partial charge in [-0.2, -0.15) is 0 Å². The molecule has 0 unspecified atom stereocenters. The second-order valence-electron chi connectivity index (χ2n) is 8.17. The molecule has 2 aromatic rings. The summed E-state index contributed by atoms with van der Waals surface area (Å²) in [4.78, 5) is 27.5. The number of halogens is 2. The molecule has 0 saturated carbocycles. The maximum absolute atomic E-state index is 13.5. The van der Waals surface area contributed by atoms with Gasteiger partial charge in [-0.15, -0.1) is 0 Å². The Hall–Kier alpha value is -2.29. The lowest BCUT2D eigenvalue weighted by Crippen LogP contribution is -2.52. The second-order valence-corrected chi connectivity index (χ2v) is 10.9. The van der Waals surface area contributed by atoms with Gasteiger partial charge in [0, 0.05) is 12.6 Å². The fraction of sp³-hybridized carbons (Fsp3) is 0.391. The summed E-state index contributed by atoms with van der Waals surface area (Å²) in [6, 6.07) is 10.9. The quantitative estimate of drug-likeness (QED) is 0.548. The van der Waals surface area contributed by atoms with Gasteiger partial charge >= 0.3 is 0 Å². The summed E-state index contributed by atoms with van der Waals surface area (Å²) in [5.41, 5.74) is 1.77. The molecule has 2 aromatic carbocycles. The zero-order valence-electron chi connectivity index (χ0n) is 19.3. The van der Waals surface area contributed by atoms with E-state index >= 15 is 0 Å². The third-order valence-corrected chi connectivity index (χ3v) is 6.86. The molecule has 0 saturated heterocycles. The molecule has 33 heavy (non-hydrogen) atoms. The van der Waals surface area contributed by atoms with E-state index in [1.807, 2.05) is 13.8 Å². The zero-order valence-corrected chi connectivity index (χ0v) is 21.6. The molecule has 7 nitrogen and oxygen atoms in total. The lowest BCUT2D eigenvalue weighted by molar-refractivity contribution is -0.139. The Morgan fingerprint density at radius 2 is 1.67 bits per heavy atom. The lowest BCUT2D eigenvalue weighted by atomic mass is 10.1. The number of sulfonamides is 1. The van der Waals surface area contributed by atoms with Crippen LogP contribution in [0.25, 0.3) is 0 Å². The van der Waals surface area contributed by atoms with Crippen LogP contribution in [0.1, 0.15) is 31.9 Å². The minimum atomic E-state index is -3.77. The van der Waals surface area contributed by atoms with Crippen molar-refractivity contribution in [2.24, 2.45) is 0 Å². The number of hydrogen-bond donors (Lipinski definition) is 1. The second kappa shape index (κ2) is 11.2. The number of para-hydroxylation sites is 1. The number of amides is 2. The minimum absolute atomic E-state index is 0.0494. The molecule has 0 spiro atoms. The number of rotatable bonds is 9. The average molecular weight is 514 g/mol. The highest BCUT2D eigenvalue weighted by Crippen LogP contribution is 2.25. The van der Waals surface area contributed by atoms with Gasteiger partial charge in [0.05, 0.1) is 22.0 Å². The van der Waals surface area contributed by atoms with Gasteiger partial charge in [0.25, 0.3) is 0 Å². The Labute approximate surface area is 205 Å². The summed E-state index contributed by atoms with van der Waals surface area (Å²) in [7, 11) is -3.77. The molecular formula is C23H29Cl2N3O4S. The molecule has 0 fully saturated rings. The molecule has 0 aliphatic heterocycles. The third-order valence-electron chi connectivity index (χ3n) is 5.00. The first kappa shape index (κ1) is 27.0. The largest absolute Gasteiger partial charge is 0.352 e. The summed E-state index contributed by atoms with van der Waals surface area (Å²) in [6.45, 7) is 6.60. The number of benzene rings is 2. The van der Waals surface area contributed by atoms with E-state index in [2.05, 4.69) is 5.32 Å². The van der Waals surface area contributed by atoms with Gasteiger partial charge in [0.2, 0.25) is 21.8 Å². The van der Waals surface area contributed by atoms with Crippen LogP contribution < -0.4 is 9.62 Å². The van der Waals surface area contributed by atoms with Crippen LogP contribution in [0.4, 0.5) is 5.69 Å². The normalized spacial score (nSPS) is 12.4. The highest BCUT2D eigenvalue weighted by molar-refractivity contribution is 7.92. The van der Waals surface area contributed by atoms with Gasteiger partial charge in [-0.3, -0.25) is 13.9 Å². The van der Waals surface area contributed by atoms with Crippen LogP contribution in [0.15, 0.2) is 42.5 Å². The summed E-state index contributed by atoms with van der Waals surface area (Å²) < 4.78 is 26.2. The van der Waals surface area contributed by atoms with Crippen LogP contribution in [-0.4, -0.2) is 50.0 Å². The highest BCUT2D eigenvalue weighted by Gasteiger charge is 2.30. The number of aryl methyl sites for hydroxylation is 1. The molecule has 2 rings (SSSR count). The smallest absolute Gasteiger partial charge is 0.244 e. The first-order valence-electron chi connectivity index (χ1n) is 10.4. The fourth-order valence-corrected chi connectivity index (χ4v) is 4.49. The van der Waals surface area contributed by atoms with Crippen molar-refractivity contribution in [3.8, 4) is 0 Å². The van der Waals surface area contributed by atoms with Crippen molar-refractivity contribution in [1.29, 1.82) is 0 Å². The molecule has 0 radical (unpaired) electrons. The van der Waals surface area contributed by atoms with E-state index in [1.54, 1.807) is 56.3 Å². The van der Waals surface area contributed by atoms with Crippen LogP contribution in [0.3, 0.4) is 0 Å². The average Bonchev–Trinajstić information content (AvgIpc) is 2.71. The van der Waals surface area contributed by atoms with Crippen LogP contribution in [0.2, 0.25) is 10.0 Å². The number of anilines is 1. The number of carbonyl (C=O) groups is 2. The molecule has 10 heteroatoms. The predicted molar refractivity (Wildman–Crippen MR) is 133 cm³/mol. The fourth-order valence-electron chi connectivity index (χ4n) is 3.26. The molecule has 0 bridgehead atoms. The third kappa shape index (κ3) is 7.35. The Morgan fingerprint density at radius 3 is 2.21 bits per heavy atom.